The Morgan fingerprint density at radius 3 is 2.67 bits per heavy atom. The number of fused-ring (bicyclic) bond motifs is 5. The van der Waals surface area contributed by atoms with E-state index < -0.39 is 0 Å². The Morgan fingerprint density at radius 1 is 1.33 bits per heavy atom. The summed E-state index contributed by atoms with van der Waals surface area (Å²) in [7, 11) is 0. The number of allylic oxidation sites excluding steroid dienone is 2. The third-order valence-electron chi connectivity index (χ3n) is 3.24. The van der Waals surface area contributed by atoms with Crippen molar-refractivity contribution in [3.63, 3.8) is 0 Å². The van der Waals surface area contributed by atoms with Crippen molar-refractivity contribution in [2.45, 2.75) is 6.42 Å². The van der Waals surface area contributed by atoms with Crippen molar-refractivity contribution in [3.8, 4) is 0 Å². The van der Waals surface area contributed by atoms with Crippen LogP contribution in [0.5, 0.6) is 0 Å². The second-order valence-corrected chi connectivity index (χ2v) is 3.79. The van der Waals surface area contributed by atoms with Crippen molar-refractivity contribution in [1.82, 2.24) is 0 Å². The molecule has 3 heteroatoms. The Morgan fingerprint density at radius 2 is 2.00 bits per heavy atom. The van der Waals surface area contributed by atoms with Gasteiger partial charge in [-0.25, -0.2) is 0 Å². The third kappa shape index (κ3) is 0.543. The molecule has 2 bridgehead atoms. The van der Waals surface area contributed by atoms with Crippen molar-refractivity contribution < 1.29 is 9.53 Å². The van der Waals surface area contributed by atoms with Crippen LogP contribution in [0.25, 0.3) is 0 Å². The van der Waals surface area contributed by atoms with Crippen LogP contribution < -0.4 is 0 Å². The molecule has 1 aliphatic heterocycles. The van der Waals surface area contributed by atoms with E-state index in [1.54, 1.807) is 0 Å². The van der Waals surface area contributed by atoms with Gasteiger partial charge in [-0.05, 0) is 18.3 Å². The number of hydrogen-bond donors (Lipinski definition) is 1. The van der Waals surface area contributed by atoms with Crippen molar-refractivity contribution in [2.75, 3.05) is 0 Å². The first kappa shape index (κ1) is 6.40. The predicted octanol–water partition coefficient (Wildman–Crippen LogP) is 0.959. The van der Waals surface area contributed by atoms with Crippen LogP contribution in [0.15, 0.2) is 12.2 Å². The van der Waals surface area contributed by atoms with Crippen LogP contribution in [0.2, 0.25) is 0 Å². The lowest BCUT2D eigenvalue weighted by molar-refractivity contribution is -0.137. The minimum atomic E-state index is -0.179. The smallest absolute Gasteiger partial charge is 0.316 e. The molecule has 0 radical (unpaired) electrons. The van der Waals surface area contributed by atoms with Crippen LogP contribution in [0, 0.1) is 29.1 Å². The molecule has 62 valence electrons. The van der Waals surface area contributed by atoms with Crippen LogP contribution in [0.3, 0.4) is 0 Å². The maximum atomic E-state index is 11.3. The molecule has 1 saturated carbocycles. The first-order valence-electron chi connectivity index (χ1n) is 4.26. The van der Waals surface area contributed by atoms with Crippen LogP contribution in [0.4, 0.5) is 0 Å². The molecule has 2 fully saturated rings. The Kier molecular flexibility index (Phi) is 0.953. The molecular weight excluding hydrogens is 154 g/mol. The van der Waals surface area contributed by atoms with E-state index in [0.717, 1.165) is 6.42 Å². The number of rotatable bonds is 0. The minimum absolute atomic E-state index is 0.0208. The lowest BCUT2D eigenvalue weighted by Crippen LogP contribution is -2.21. The second kappa shape index (κ2) is 1.79. The third-order valence-corrected chi connectivity index (χ3v) is 3.24. The molecule has 1 heterocycles. The Labute approximate surface area is 69.9 Å². The Bertz CT molecular complexity index is 280. The van der Waals surface area contributed by atoms with Crippen molar-refractivity contribution in [3.05, 3.63) is 12.2 Å². The molecule has 1 N–H and O–H groups in total. The van der Waals surface area contributed by atoms with Gasteiger partial charge in [0.2, 0.25) is 0 Å². The quantitative estimate of drug-likeness (QED) is 0.427. The standard InChI is InChI=1S/C9H9NO2/c10-8-6-4-1-2-5(3-4)7(6)9(11)12-8/h1-2,4-7,10H,3H2. The van der Waals surface area contributed by atoms with Gasteiger partial charge in [0, 0.05) is 0 Å². The van der Waals surface area contributed by atoms with Crippen LogP contribution in [-0.4, -0.2) is 11.9 Å². The number of hydrogen-bond acceptors (Lipinski definition) is 3. The molecule has 0 aromatic heterocycles. The Balaban J connectivity index is 2.08. The average Bonchev–Trinajstić information content (AvgIpc) is 2.64. The van der Waals surface area contributed by atoms with Crippen LogP contribution >= 0.6 is 0 Å². The molecule has 3 aliphatic rings. The highest BCUT2D eigenvalue weighted by atomic mass is 16.5. The minimum Gasteiger partial charge on any atom is -0.412 e. The van der Waals surface area contributed by atoms with Crippen molar-refractivity contribution in [2.24, 2.45) is 23.7 Å². The molecule has 0 aromatic rings. The molecule has 12 heavy (non-hydrogen) atoms. The monoisotopic (exact) mass is 163 g/mol. The maximum absolute atomic E-state index is 11.3. The number of esters is 1. The normalized spacial score (nSPS) is 48.3. The molecule has 2 aliphatic carbocycles. The molecule has 4 atom stereocenters. The fourth-order valence-corrected chi connectivity index (χ4v) is 2.75. The zero-order valence-electron chi connectivity index (χ0n) is 6.49. The summed E-state index contributed by atoms with van der Waals surface area (Å²) < 4.78 is 4.81. The zero-order chi connectivity index (χ0) is 8.29. The van der Waals surface area contributed by atoms with E-state index in [0.29, 0.717) is 11.8 Å². The molecule has 1 saturated heterocycles. The molecular formula is C9H9NO2. The molecule has 0 spiro atoms. The number of carbonyl (C=O) groups excluding carboxylic acids is 1. The average molecular weight is 163 g/mol. The van der Waals surface area contributed by atoms with E-state index in [4.69, 9.17) is 10.1 Å². The van der Waals surface area contributed by atoms with Crippen molar-refractivity contribution in [1.29, 1.82) is 5.41 Å². The van der Waals surface area contributed by atoms with Gasteiger partial charge in [0.1, 0.15) is 0 Å². The fourth-order valence-electron chi connectivity index (χ4n) is 2.75. The van der Waals surface area contributed by atoms with Gasteiger partial charge in [-0.15, -0.1) is 0 Å². The summed E-state index contributed by atoms with van der Waals surface area (Å²) in [6.07, 6.45) is 5.28. The molecule has 0 aromatic carbocycles. The SMILES string of the molecule is N=C1OC(=O)C2C3C=CC(C3)C12. The van der Waals surface area contributed by atoms with E-state index >= 15 is 0 Å². The highest BCUT2D eigenvalue weighted by Gasteiger charge is 2.56. The summed E-state index contributed by atoms with van der Waals surface area (Å²) >= 11 is 0. The highest BCUT2D eigenvalue weighted by Crippen LogP contribution is 2.51. The fraction of sp³-hybridized carbons (Fsp3) is 0.556. The maximum Gasteiger partial charge on any atom is 0.316 e. The van der Waals surface area contributed by atoms with E-state index in [1.807, 2.05) is 0 Å². The summed E-state index contributed by atoms with van der Waals surface area (Å²) in [6.45, 7) is 0. The lowest BCUT2D eigenvalue weighted by atomic mass is 9.85. The van der Waals surface area contributed by atoms with Gasteiger partial charge in [0.15, 0.2) is 5.90 Å². The van der Waals surface area contributed by atoms with E-state index in [9.17, 15) is 4.79 Å². The van der Waals surface area contributed by atoms with Gasteiger partial charge in [-0.3, -0.25) is 10.2 Å². The number of carbonyl (C=O) groups is 1. The molecule has 4 unspecified atom stereocenters. The topological polar surface area (TPSA) is 50.1 Å². The van der Waals surface area contributed by atoms with Crippen LogP contribution in [-0.2, 0) is 9.53 Å². The predicted molar refractivity (Wildman–Crippen MR) is 41.5 cm³/mol. The molecule has 0 amide bonds. The lowest BCUT2D eigenvalue weighted by Gasteiger charge is -2.13. The first-order valence-corrected chi connectivity index (χ1v) is 4.26. The van der Waals surface area contributed by atoms with E-state index in [2.05, 4.69) is 12.2 Å². The van der Waals surface area contributed by atoms with E-state index in [1.165, 1.54) is 0 Å². The molecule has 3 nitrogen and oxygen atoms in total. The van der Waals surface area contributed by atoms with Crippen LogP contribution in [0.1, 0.15) is 6.42 Å². The van der Waals surface area contributed by atoms with E-state index in [-0.39, 0.29) is 23.7 Å². The summed E-state index contributed by atoms with van der Waals surface area (Å²) in [5, 5.41) is 7.48. The van der Waals surface area contributed by atoms with Gasteiger partial charge < -0.3 is 4.74 Å². The summed E-state index contributed by atoms with van der Waals surface area (Å²) in [6, 6.07) is 0. The summed E-state index contributed by atoms with van der Waals surface area (Å²) in [4.78, 5) is 11.3. The second-order valence-electron chi connectivity index (χ2n) is 3.79. The first-order chi connectivity index (χ1) is 5.77. The van der Waals surface area contributed by atoms with Gasteiger partial charge >= 0.3 is 5.97 Å². The molecule has 3 rings (SSSR count). The Hall–Kier alpha value is -1.12. The van der Waals surface area contributed by atoms with Crippen molar-refractivity contribution >= 4 is 11.9 Å². The summed E-state index contributed by atoms with van der Waals surface area (Å²) in [5.74, 6) is 0.831. The number of cyclic esters (lactones) is 1. The zero-order valence-corrected chi connectivity index (χ0v) is 6.49. The van der Waals surface area contributed by atoms with Gasteiger partial charge in [-0.2, -0.15) is 0 Å². The number of nitrogens with one attached hydrogen (secondary N) is 1. The van der Waals surface area contributed by atoms with Gasteiger partial charge in [-0.1, -0.05) is 12.2 Å². The highest BCUT2D eigenvalue weighted by molar-refractivity contribution is 5.99. The van der Waals surface area contributed by atoms with Gasteiger partial charge in [0.05, 0.1) is 11.8 Å². The van der Waals surface area contributed by atoms with Gasteiger partial charge in [0.25, 0.3) is 0 Å². The largest absolute Gasteiger partial charge is 0.412 e. The summed E-state index contributed by atoms with van der Waals surface area (Å²) in [5.41, 5.74) is 0. The number of ether oxygens (including phenoxy) is 1.